The fraction of sp³-hybridized carbons (Fsp3) is 0.167. The predicted octanol–water partition coefficient (Wildman–Crippen LogP) is 4.47. The molecule has 0 saturated heterocycles. The molecule has 0 aliphatic heterocycles. The topological polar surface area (TPSA) is 24.9 Å². The van der Waals surface area contributed by atoms with E-state index in [2.05, 4.69) is 28.5 Å². The minimum atomic E-state index is -0.152. The number of nitrogens with one attached hydrogen (secondary N) is 1. The Morgan fingerprint density at radius 2 is 2.00 bits per heavy atom. The summed E-state index contributed by atoms with van der Waals surface area (Å²) in [6.07, 6.45) is 3.72. The van der Waals surface area contributed by atoms with Crippen molar-refractivity contribution in [2.24, 2.45) is 0 Å². The third kappa shape index (κ3) is 2.15. The van der Waals surface area contributed by atoms with Gasteiger partial charge in [0.05, 0.1) is 17.2 Å². The van der Waals surface area contributed by atoms with Crippen LogP contribution in [-0.2, 0) is 6.42 Å². The van der Waals surface area contributed by atoms with Crippen LogP contribution in [0.2, 0.25) is 0 Å². The van der Waals surface area contributed by atoms with Crippen molar-refractivity contribution < 1.29 is 4.39 Å². The molecule has 0 radical (unpaired) electrons. The van der Waals surface area contributed by atoms with E-state index in [4.69, 9.17) is 0 Å². The summed E-state index contributed by atoms with van der Waals surface area (Å²) in [6.45, 7) is 0. The van der Waals surface area contributed by atoms with E-state index in [9.17, 15) is 4.39 Å². The maximum absolute atomic E-state index is 13.3. The summed E-state index contributed by atoms with van der Waals surface area (Å²) in [5, 5.41) is 4.70. The number of benzene rings is 2. The third-order valence-corrected chi connectivity index (χ3v) is 4.15. The van der Waals surface area contributed by atoms with Crippen molar-refractivity contribution in [2.75, 3.05) is 5.32 Å². The Balaban J connectivity index is 1.71. The molecule has 1 heterocycles. The van der Waals surface area contributed by atoms with E-state index >= 15 is 0 Å². The molecule has 2 aromatic carbocycles. The Morgan fingerprint density at radius 3 is 2.95 bits per heavy atom. The Hall–Kier alpha value is -2.42. The smallest absolute Gasteiger partial charge is 0.123 e. The van der Waals surface area contributed by atoms with Gasteiger partial charge in [-0.05, 0) is 48.2 Å². The SMILES string of the molecule is Fc1ccc2c(c1)CCC2Nc1cccc2cccnc12. The van der Waals surface area contributed by atoms with Gasteiger partial charge in [0.2, 0.25) is 0 Å². The Morgan fingerprint density at radius 1 is 1.10 bits per heavy atom. The van der Waals surface area contributed by atoms with Gasteiger partial charge in [0, 0.05) is 11.6 Å². The third-order valence-electron chi connectivity index (χ3n) is 4.15. The standard InChI is InChI=1S/C18H15FN2/c19-14-7-8-15-13(11-14)6-9-16(15)21-17-5-1-3-12-4-2-10-20-18(12)17/h1-5,7-8,10-11,16,21H,6,9H2. The highest BCUT2D eigenvalue weighted by atomic mass is 19.1. The number of hydrogen-bond donors (Lipinski definition) is 1. The molecule has 1 atom stereocenters. The maximum Gasteiger partial charge on any atom is 0.123 e. The number of pyridine rings is 1. The summed E-state index contributed by atoms with van der Waals surface area (Å²) in [6, 6.07) is 15.5. The van der Waals surface area contributed by atoms with Crippen LogP contribution >= 0.6 is 0 Å². The zero-order valence-electron chi connectivity index (χ0n) is 11.5. The van der Waals surface area contributed by atoms with E-state index in [1.54, 1.807) is 12.1 Å². The number of aryl methyl sites for hydroxylation is 1. The number of para-hydroxylation sites is 1. The lowest BCUT2D eigenvalue weighted by Crippen LogP contribution is -2.07. The van der Waals surface area contributed by atoms with E-state index in [1.165, 1.54) is 5.56 Å². The van der Waals surface area contributed by atoms with E-state index in [0.717, 1.165) is 35.0 Å². The number of hydrogen-bond acceptors (Lipinski definition) is 2. The fourth-order valence-electron chi connectivity index (χ4n) is 3.14. The molecule has 1 aliphatic rings. The average Bonchev–Trinajstić information content (AvgIpc) is 2.90. The highest BCUT2D eigenvalue weighted by Crippen LogP contribution is 2.35. The summed E-state index contributed by atoms with van der Waals surface area (Å²) in [5.74, 6) is -0.152. The number of rotatable bonds is 2. The summed E-state index contributed by atoms with van der Waals surface area (Å²) >= 11 is 0. The van der Waals surface area contributed by atoms with Crippen LogP contribution < -0.4 is 5.32 Å². The molecule has 1 unspecified atom stereocenters. The van der Waals surface area contributed by atoms with Crippen LogP contribution in [0.4, 0.5) is 10.1 Å². The second-order valence-electron chi connectivity index (χ2n) is 5.46. The number of aromatic nitrogens is 1. The van der Waals surface area contributed by atoms with Gasteiger partial charge in [0.1, 0.15) is 5.82 Å². The summed E-state index contributed by atoms with van der Waals surface area (Å²) in [4.78, 5) is 4.47. The maximum atomic E-state index is 13.3. The summed E-state index contributed by atoms with van der Waals surface area (Å²) in [7, 11) is 0. The van der Waals surface area contributed by atoms with Crippen LogP contribution in [0.5, 0.6) is 0 Å². The molecule has 1 aromatic heterocycles. The van der Waals surface area contributed by atoms with Crippen molar-refractivity contribution >= 4 is 16.6 Å². The highest BCUT2D eigenvalue weighted by molar-refractivity contribution is 5.90. The van der Waals surface area contributed by atoms with Crippen molar-refractivity contribution in [1.29, 1.82) is 0 Å². The Bertz CT molecular complexity index is 808. The van der Waals surface area contributed by atoms with Crippen LogP contribution in [-0.4, -0.2) is 4.98 Å². The first kappa shape index (κ1) is 12.3. The number of nitrogens with zero attached hydrogens (tertiary/aromatic N) is 1. The molecule has 0 amide bonds. The molecule has 0 spiro atoms. The van der Waals surface area contributed by atoms with Crippen LogP contribution in [0.3, 0.4) is 0 Å². The van der Waals surface area contributed by atoms with Crippen molar-refractivity contribution in [3.8, 4) is 0 Å². The van der Waals surface area contributed by atoms with Crippen LogP contribution in [0.25, 0.3) is 10.9 Å². The van der Waals surface area contributed by atoms with Gasteiger partial charge in [0.25, 0.3) is 0 Å². The van der Waals surface area contributed by atoms with Gasteiger partial charge in [-0.3, -0.25) is 4.98 Å². The lowest BCUT2D eigenvalue weighted by atomic mass is 10.1. The van der Waals surface area contributed by atoms with Crippen molar-refractivity contribution in [3.05, 3.63) is 71.7 Å². The summed E-state index contributed by atoms with van der Waals surface area (Å²) < 4.78 is 13.3. The normalized spacial score (nSPS) is 16.9. The van der Waals surface area contributed by atoms with Gasteiger partial charge < -0.3 is 5.32 Å². The lowest BCUT2D eigenvalue weighted by molar-refractivity contribution is 0.626. The second kappa shape index (κ2) is 4.85. The van der Waals surface area contributed by atoms with Crippen molar-refractivity contribution in [2.45, 2.75) is 18.9 Å². The zero-order chi connectivity index (χ0) is 14.2. The van der Waals surface area contributed by atoms with Crippen molar-refractivity contribution in [1.82, 2.24) is 4.98 Å². The van der Waals surface area contributed by atoms with Gasteiger partial charge >= 0.3 is 0 Å². The molecule has 1 N–H and O–H groups in total. The van der Waals surface area contributed by atoms with E-state index in [0.29, 0.717) is 0 Å². The molecule has 3 heteroatoms. The Kier molecular flexibility index (Phi) is 2.85. The van der Waals surface area contributed by atoms with E-state index in [1.807, 2.05) is 24.4 Å². The monoisotopic (exact) mass is 278 g/mol. The molecule has 2 nitrogen and oxygen atoms in total. The predicted molar refractivity (Wildman–Crippen MR) is 82.8 cm³/mol. The summed E-state index contributed by atoms with van der Waals surface area (Å²) in [5.41, 5.74) is 4.33. The first-order valence-electron chi connectivity index (χ1n) is 7.20. The highest BCUT2D eigenvalue weighted by Gasteiger charge is 2.23. The molecule has 4 rings (SSSR count). The minimum absolute atomic E-state index is 0.152. The zero-order valence-corrected chi connectivity index (χ0v) is 11.5. The number of anilines is 1. The number of fused-ring (bicyclic) bond motifs is 2. The largest absolute Gasteiger partial charge is 0.376 e. The van der Waals surface area contributed by atoms with Gasteiger partial charge in [-0.1, -0.05) is 24.3 Å². The molecule has 104 valence electrons. The fourth-order valence-corrected chi connectivity index (χ4v) is 3.14. The molecular weight excluding hydrogens is 263 g/mol. The molecule has 0 saturated carbocycles. The average molecular weight is 278 g/mol. The van der Waals surface area contributed by atoms with Gasteiger partial charge in [-0.25, -0.2) is 4.39 Å². The lowest BCUT2D eigenvalue weighted by Gasteiger charge is -2.16. The van der Waals surface area contributed by atoms with Gasteiger partial charge in [0.15, 0.2) is 0 Å². The second-order valence-corrected chi connectivity index (χ2v) is 5.46. The van der Waals surface area contributed by atoms with Gasteiger partial charge in [-0.15, -0.1) is 0 Å². The molecule has 0 fully saturated rings. The first-order valence-corrected chi connectivity index (χ1v) is 7.20. The molecule has 3 aromatic rings. The van der Waals surface area contributed by atoms with E-state index < -0.39 is 0 Å². The Labute approximate surface area is 122 Å². The first-order chi connectivity index (χ1) is 10.3. The molecular formula is C18H15FN2. The number of halogens is 1. The van der Waals surface area contributed by atoms with E-state index in [-0.39, 0.29) is 11.9 Å². The molecule has 0 bridgehead atoms. The molecule has 21 heavy (non-hydrogen) atoms. The van der Waals surface area contributed by atoms with Crippen LogP contribution in [0, 0.1) is 5.82 Å². The van der Waals surface area contributed by atoms with Crippen LogP contribution in [0.15, 0.2) is 54.7 Å². The van der Waals surface area contributed by atoms with Gasteiger partial charge in [-0.2, -0.15) is 0 Å². The quantitative estimate of drug-likeness (QED) is 0.748. The molecule has 1 aliphatic carbocycles. The van der Waals surface area contributed by atoms with Crippen molar-refractivity contribution in [3.63, 3.8) is 0 Å². The van der Waals surface area contributed by atoms with Crippen LogP contribution in [0.1, 0.15) is 23.6 Å². The minimum Gasteiger partial charge on any atom is -0.376 e.